The van der Waals surface area contributed by atoms with Crippen LogP contribution in [0.25, 0.3) is 10.9 Å². The largest absolute Gasteiger partial charge is 0.494 e. The number of aryl methyl sites for hydroxylation is 1. The molecule has 1 saturated heterocycles. The van der Waals surface area contributed by atoms with Gasteiger partial charge < -0.3 is 15.0 Å². The number of nitrogens with one attached hydrogen (secondary N) is 1. The number of carbonyl (C=O) groups excluding carboxylic acids is 1. The lowest BCUT2D eigenvalue weighted by Gasteiger charge is -2.22. The van der Waals surface area contributed by atoms with Crippen LogP contribution in [0, 0.1) is 0 Å². The molecule has 0 spiro atoms. The third kappa shape index (κ3) is 5.70. The molecule has 1 aromatic heterocycles. The van der Waals surface area contributed by atoms with E-state index in [4.69, 9.17) is 9.72 Å². The van der Waals surface area contributed by atoms with Crippen molar-refractivity contribution < 1.29 is 9.53 Å². The van der Waals surface area contributed by atoms with Crippen LogP contribution in [-0.4, -0.2) is 60.0 Å². The molecule has 0 radical (unpaired) electrons. The normalized spacial score (nSPS) is 17.4. The zero-order valence-electron chi connectivity index (χ0n) is 19.1. The number of rotatable bonds is 7. The Labute approximate surface area is 195 Å². The first-order valence-electron chi connectivity index (χ1n) is 12.1. The number of anilines is 1. The van der Waals surface area contributed by atoms with Crippen LogP contribution < -0.4 is 10.1 Å². The highest BCUT2D eigenvalue weighted by Crippen LogP contribution is 2.26. The summed E-state index contributed by atoms with van der Waals surface area (Å²) >= 11 is 0. The number of pyridine rings is 1. The van der Waals surface area contributed by atoms with Crippen LogP contribution in [0.4, 0.5) is 5.69 Å². The third-order valence-electron chi connectivity index (χ3n) is 6.58. The monoisotopic (exact) mass is 444 g/mol. The van der Waals surface area contributed by atoms with E-state index in [-0.39, 0.29) is 5.91 Å². The number of fused-ring (bicyclic) bond motifs is 2. The van der Waals surface area contributed by atoms with Gasteiger partial charge in [-0.2, -0.15) is 0 Å². The van der Waals surface area contributed by atoms with Crippen LogP contribution in [0.5, 0.6) is 5.75 Å². The number of ether oxygens (including phenoxy) is 1. The van der Waals surface area contributed by atoms with Gasteiger partial charge in [0.15, 0.2) is 0 Å². The quantitative estimate of drug-likeness (QED) is 0.556. The minimum absolute atomic E-state index is 0.0979. The van der Waals surface area contributed by atoms with Crippen molar-refractivity contribution in [2.45, 2.75) is 32.2 Å². The second-order valence-electron chi connectivity index (χ2n) is 9.04. The maximum atomic E-state index is 11.5. The number of nitrogens with zero attached hydrogens (tertiary/aromatic N) is 3. The lowest BCUT2D eigenvalue weighted by atomic mass is 10.0. The zero-order chi connectivity index (χ0) is 22.5. The first-order chi connectivity index (χ1) is 16.2. The minimum atomic E-state index is 0.0979. The van der Waals surface area contributed by atoms with E-state index in [1.807, 2.05) is 12.1 Å². The summed E-state index contributed by atoms with van der Waals surface area (Å²) < 4.78 is 6.00. The number of benzene rings is 2. The van der Waals surface area contributed by atoms with Crippen molar-refractivity contribution in [1.82, 2.24) is 14.8 Å². The fourth-order valence-electron chi connectivity index (χ4n) is 4.76. The van der Waals surface area contributed by atoms with Crippen molar-refractivity contribution in [1.29, 1.82) is 0 Å². The molecule has 2 aromatic carbocycles. The Hall–Kier alpha value is -2.96. The number of carbonyl (C=O) groups is 1. The smallest absolute Gasteiger partial charge is 0.224 e. The van der Waals surface area contributed by atoms with E-state index in [0.29, 0.717) is 13.0 Å². The van der Waals surface area contributed by atoms with Gasteiger partial charge in [-0.3, -0.25) is 14.7 Å². The third-order valence-corrected chi connectivity index (χ3v) is 6.58. The van der Waals surface area contributed by atoms with Gasteiger partial charge >= 0.3 is 0 Å². The fraction of sp³-hybridized carbons (Fsp3) is 0.407. The molecule has 1 fully saturated rings. The number of aromatic nitrogens is 1. The Morgan fingerprint density at radius 2 is 1.82 bits per heavy atom. The van der Waals surface area contributed by atoms with Crippen LogP contribution >= 0.6 is 0 Å². The molecule has 33 heavy (non-hydrogen) atoms. The van der Waals surface area contributed by atoms with Crippen LogP contribution in [0.2, 0.25) is 0 Å². The van der Waals surface area contributed by atoms with Gasteiger partial charge in [0.05, 0.1) is 17.8 Å². The molecule has 5 rings (SSSR count). The Morgan fingerprint density at radius 3 is 2.79 bits per heavy atom. The first kappa shape index (κ1) is 21.9. The number of hydrogen-bond donors (Lipinski definition) is 1. The summed E-state index contributed by atoms with van der Waals surface area (Å²) in [5.74, 6) is 0.996. The van der Waals surface area contributed by atoms with Gasteiger partial charge in [0.1, 0.15) is 5.75 Å². The summed E-state index contributed by atoms with van der Waals surface area (Å²) in [6.07, 6.45) is 3.54. The lowest BCUT2D eigenvalue weighted by Crippen LogP contribution is -2.31. The second kappa shape index (κ2) is 10.3. The van der Waals surface area contributed by atoms with Crippen molar-refractivity contribution in [2.75, 3.05) is 44.6 Å². The van der Waals surface area contributed by atoms with Crippen LogP contribution in [0.1, 0.15) is 30.5 Å². The lowest BCUT2D eigenvalue weighted by molar-refractivity contribution is -0.116. The maximum Gasteiger partial charge on any atom is 0.224 e. The highest BCUT2D eigenvalue weighted by atomic mass is 16.5. The highest BCUT2D eigenvalue weighted by molar-refractivity contribution is 5.94. The van der Waals surface area contributed by atoms with Crippen molar-refractivity contribution >= 4 is 22.5 Å². The summed E-state index contributed by atoms with van der Waals surface area (Å²) in [5.41, 5.74) is 4.32. The zero-order valence-corrected chi connectivity index (χ0v) is 19.1. The molecular formula is C27H32N4O2. The average Bonchev–Trinajstić information content (AvgIpc) is 3.07. The van der Waals surface area contributed by atoms with Crippen LogP contribution in [-0.2, 0) is 17.8 Å². The fourth-order valence-corrected chi connectivity index (χ4v) is 4.76. The molecule has 0 bridgehead atoms. The summed E-state index contributed by atoms with van der Waals surface area (Å²) in [4.78, 5) is 21.4. The van der Waals surface area contributed by atoms with Crippen molar-refractivity contribution in [3.63, 3.8) is 0 Å². The van der Waals surface area contributed by atoms with E-state index in [2.05, 4.69) is 57.6 Å². The molecular weight excluding hydrogens is 412 g/mol. The predicted octanol–water partition coefficient (Wildman–Crippen LogP) is 4.10. The van der Waals surface area contributed by atoms with Crippen molar-refractivity contribution in [3.8, 4) is 5.75 Å². The van der Waals surface area contributed by atoms with Crippen molar-refractivity contribution in [2.24, 2.45) is 0 Å². The van der Waals surface area contributed by atoms with E-state index in [1.165, 1.54) is 17.4 Å². The van der Waals surface area contributed by atoms with E-state index >= 15 is 0 Å². The Bertz CT molecular complexity index is 1120. The molecule has 0 aliphatic carbocycles. The molecule has 1 amide bonds. The molecule has 0 unspecified atom stereocenters. The summed E-state index contributed by atoms with van der Waals surface area (Å²) in [6.45, 7) is 7.11. The molecule has 3 aromatic rings. The standard InChI is InChI=1S/C27H32N4O2/c32-27-12-8-22-19-24(10-11-26(22)29-27)33-18-4-15-30-13-3-14-31(17-16-30)20-23-9-7-21-5-1-2-6-25(21)28-23/h1-2,5-7,9-11,19H,3-4,8,12-18,20H2,(H,29,32). The van der Waals surface area contributed by atoms with Crippen LogP contribution in [0.3, 0.4) is 0 Å². The Kier molecular flexibility index (Phi) is 6.84. The number of amides is 1. The van der Waals surface area contributed by atoms with Gasteiger partial charge in [0, 0.05) is 43.7 Å². The Morgan fingerprint density at radius 1 is 0.939 bits per heavy atom. The van der Waals surface area contributed by atoms with Gasteiger partial charge in [-0.05, 0) is 68.2 Å². The number of para-hydroxylation sites is 1. The van der Waals surface area contributed by atoms with Crippen LogP contribution in [0.15, 0.2) is 54.6 Å². The van der Waals surface area contributed by atoms with Gasteiger partial charge in [0.2, 0.25) is 5.91 Å². The number of hydrogen-bond acceptors (Lipinski definition) is 5. The molecule has 2 aliphatic heterocycles. The highest BCUT2D eigenvalue weighted by Gasteiger charge is 2.17. The van der Waals surface area contributed by atoms with Gasteiger partial charge in [-0.1, -0.05) is 24.3 Å². The maximum absolute atomic E-state index is 11.5. The summed E-state index contributed by atoms with van der Waals surface area (Å²) in [6, 6.07) is 18.6. The molecule has 6 heteroatoms. The second-order valence-corrected chi connectivity index (χ2v) is 9.04. The molecule has 3 heterocycles. The molecule has 2 aliphatic rings. The van der Waals surface area contributed by atoms with Gasteiger partial charge in [0.25, 0.3) is 0 Å². The molecule has 0 atom stereocenters. The Balaban J connectivity index is 1.05. The van der Waals surface area contributed by atoms with E-state index in [9.17, 15) is 4.79 Å². The topological polar surface area (TPSA) is 57.7 Å². The molecule has 0 saturated carbocycles. The first-order valence-corrected chi connectivity index (χ1v) is 12.1. The van der Waals surface area contributed by atoms with Crippen molar-refractivity contribution in [3.05, 3.63) is 65.9 Å². The van der Waals surface area contributed by atoms with Gasteiger partial charge in [-0.25, -0.2) is 0 Å². The molecule has 6 nitrogen and oxygen atoms in total. The summed E-state index contributed by atoms with van der Waals surface area (Å²) in [7, 11) is 0. The average molecular weight is 445 g/mol. The summed E-state index contributed by atoms with van der Waals surface area (Å²) in [5, 5.41) is 4.12. The molecule has 1 N–H and O–H groups in total. The van der Waals surface area contributed by atoms with E-state index in [0.717, 1.165) is 74.8 Å². The SMILES string of the molecule is O=C1CCc2cc(OCCCN3CCCN(Cc4ccc5ccccc5n4)CC3)ccc2N1. The van der Waals surface area contributed by atoms with E-state index < -0.39 is 0 Å². The minimum Gasteiger partial charge on any atom is -0.494 e. The van der Waals surface area contributed by atoms with Gasteiger partial charge in [-0.15, -0.1) is 0 Å². The predicted molar refractivity (Wildman–Crippen MR) is 132 cm³/mol. The van der Waals surface area contributed by atoms with E-state index in [1.54, 1.807) is 0 Å². The molecule has 172 valence electrons.